The zero-order chi connectivity index (χ0) is 25.8. The van der Waals surface area contributed by atoms with E-state index in [1.165, 1.54) is 22.3 Å². The number of alkyl halides is 1. The van der Waals surface area contributed by atoms with Gasteiger partial charge < -0.3 is 24.7 Å². The Labute approximate surface area is 226 Å². The highest BCUT2D eigenvalue weighted by Crippen LogP contribution is 2.43. The number of fused-ring (bicyclic) bond motifs is 5. The Morgan fingerprint density at radius 3 is 2.82 bits per heavy atom. The SMILES string of the molecule is O=C(CCl)Nc1ccc2sc(C(=O)N3CCc4c([nH]c5ccccc45)C3c3ccc4c(c3)OCO4)cc2c1. The van der Waals surface area contributed by atoms with E-state index in [4.69, 9.17) is 21.1 Å². The van der Waals surface area contributed by atoms with Crippen molar-refractivity contribution < 1.29 is 19.1 Å². The van der Waals surface area contributed by atoms with Gasteiger partial charge in [0.05, 0.1) is 10.9 Å². The van der Waals surface area contributed by atoms with Crippen LogP contribution in [0.5, 0.6) is 11.5 Å². The van der Waals surface area contributed by atoms with Gasteiger partial charge in [0.1, 0.15) is 5.88 Å². The van der Waals surface area contributed by atoms with Gasteiger partial charge in [-0.05, 0) is 65.4 Å². The van der Waals surface area contributed by atoms with E-state index in [1.54, 1.807) is 0 Å². The highest BCUT2D eigenvalue weighted by Gasteiger charge is 2.36. The van der Waals surface area contributed by atoms with Gasteiger partial charge in [-0.2, -0.15) is 0 Å². The molecule has 3 aromatic carbocycles. The first kappa shape index (κ1) is 23.1. The van der Waals surface area contributed by atoms with Crippen LogP contribution in [0.15, 0.2) is 66.7 Å². The number of rotatable bonds is 4. The number of halogens is 1. The number of para-hydroxylation sites is 1. The summed E-state index contributed by atoms with van der Waals surface area (Å²) in [6.45, 7) is 0.775. The maximum absolute atomic E-state index is 14.1. The number of benzene rings is 3. The molecule has 0 bridgehead atoms. The molecule has 0 saturated carbocycles. The van der Waals surface area contributed by atoms with Crippen LogP contribution in [0.1, 0.15) is 32.5 Å². The first-order chi connectivity index (χ1) is 18.6. The molecule has 7 rings (SSSR count). The van der Waals surface area contributed by atoms with Crippen molar-refractivity contribution in [2.45, 2.75) is 12.5 Å². The fourth-order valence-electron chi connectivity index (χ4n) is 5.45. The van der Waals surface area contributed by atoms with Gasteiger partial charge in [-0.3, -0.25) is 9.59 Å². The highest BCUT2D eigenvalue weighted by molar-refractivity contribution is 7.20. The predicted octanol–water partition coefficient (Wildman–Crippen LogP) is 6.08. The zero-order valence-corrected chi connectivity index (χ0v) is 21.7. The predicted molar refractivity (Wildman–Crippen MR) is 149 cm³/mol. The average molecular weight is 544 g/mol. The number of hydrogen-bond donors (Lipinski definition) is 2. The van der Waals surface area contributed by atoms with Gasteiger partial charge >= 0.3 is 0 Å². The Morgan fingerprint density at radius 2 is 1.92 bits per heavy atom. The molecule has 2 aliphatic rings. The minimum atomic E-state index is -0.308. The fraction of sp³-hybridized carbons (Fsp3) is 0.172. The number of thiophene rings is 1. The summed E-state index contributed by atoms with van der Waals surface area (Å²) >= 11 is 7.08. The molecule has 1 atom stereocenters. The van der Waals surface area contributed by atoms with Gasteiger partial charge in [0.15, 0.2) is 11.5 Å². The van der Waals surface area contributed by atoms with Crippen LogP contribution in [0.4, 0.5) is 5.69 Å². The van der Waals surface area contributed by atoms with Crippen LogP contribution < -0.4 is 14.8 Å². The number of nitrogens with zero attached hydrogens (tertiary/aromatic N) is 1. The van der Waals surface area contributed by atoms with Crippen molar-refractivity contribution in [2.75, 3.05) is 24.5 Å². The molecule has 190 valence electrons. The van der Waals surface area contributed by atoms with Crippen LogP contribution in [0.25, 0.3) is 21.0 Å². The van der Waals surface area contributed by atoms with E-state index in [0.29, 0.717) is 28.6 Å². The van der Waals surface area contributed by atoms with E-state index in [0.717, 1.165) is 33.3 Å². The molecule has 0 saturated heterocycles. The molecule has 1 unspecified atom stereocenters. The minimum Gasteiger partial charge on any atom is -0.454 e. The summed E-state index contributed by atoms with van der Waals surface area (Å²) in [4.78, 5) is 32.0. The highest BCUT2D eigenvalue weighted by atomic mass is 35.5. The average Bonchev–Trinajstić information content (AvgIpc) is 3.67. The molecule has 0 spiro atoms. The molecule has 0 radical (unpaired) electrons. The summed E-state index contributed by atoms with van der Waals surface area (Å²) in [5, 5.41) is 4.86. The van der Waals surface area contributed by atoms with Crippen LogP contribution in [0.3, 0.4) is 0 Å². The molecule has 2 N–H and O–H groups in total. The lowest BCUT2D eigenvalue weighted by Crippen LogP contribution is -2.40. The van der Waals surface area contributed by atoms with Crippen LogP contribution in [0.2, 0.25) is 0 Å². The molecule has 0 aliphatic carbocycles. The minimum absolute atomic E-state index is 0.0375. The first-order valence-electron chi connectivity index (χ1n) is 12.3. The summed E-state index contributed by atoms with van der Waals surface area (Å²) in [5.41, 5.74) is 4.94. The van der Waals surface area contributed by atoms with Crippen LogP contribution in [-0.4, -0.2) is 40.9 Å². The second-order valence-corrected chi connectivity index (χ2v) is 10.7. The number of carbonyl (C=O) groups is 2. The normalized spacial score (nSPS) is 16.1. The van der Waals surface area contributed by atoms with Crippen molar-refractivity contribution in [3.8, 4) is 11.5 Å². The third-order valence-corrected chi connectivity index (χ3v) is 8.49. The molecule has 2 amide bonds. The standard InChI is InChI=1S/C29H22ClN3O4S/c30-14-26(34)31-18-6-8-24-17(11-18)13-25(38-24)29(35)33-10-9-20-19-3-1-2-4-21(19)32-27(20)28(33)16-5-7-22-23(12-16)37-15-36-22/h1-8,11-13,28,32H,9-10,14-15H2,(H,31,34). The summed E-state index contributed by atoms with van der Waals surface area (Å²) in [7, 11) is 0. The van der Waals surface area contributed by atoms with Gasteiger partial charge in [0, 0.05) is 33.5 Å². The largest absolute Gasteiger partial charge is 0.454 e. The summed E-state index contributed by atoms with van der Waals surface area (Å²) in [6.07, 6.45) is 0.756. The summed E-state index contributed by atoms with van der Waals surface area (Å²) in [6, 6.07) is 21.4. The lowest BCUT2D eigenvalue weighted by atomic mass is 9.92. The molecule has 4 heterocycles. The van der Waals surface area contributed by atoms with Crippen molar-refractivity contribution in [1.82, 2.24) is 9.88 Å². The Bertz CT molecular complexity index is 1740. The first-order valence-corrected chi connectivity index (χ1v) is 13.6. The molecule has 7 nitrogen and oxygen atoms in total. The molecule has 0 fully saturated rings. The van der Waals surface area contributed by atoms with E-state index < -0.39 is 0 Å². The van der Waals surface area contributed by atoms with Gasteiger partial charge in [-0.1, -0.05) is 24.3 Å². The number of aromatic amines is 1. The third-order valence-electron chi connectivity index (χ3n) is 7.14. The van der Waals surface area contributed by atoms with Crippen LogP contribution in [0, 0.1) is 0 Å². The van der Waals surface area contributed by atoms with Crippen molar-refractivity contribution in [1.29, 1.82) is 0 Å². The van der Waals surface area contributed by atoms with Crippen molar-refractivity contribution in [2.24, 2.45) is 0 Å². The quantitative estimate of drug-likeness (QED) is 0.269. The van der Waals surface area contributed by atoms with Crippen molar-refractivity contribution in [3.05, 3.63) is 88.4 Å². The summed E-state index contributed by atoms with van der Waals surface area (Å²) < 4.78 is 12.2. The number of H-pyrrole nitrogens is 1. The van der Waals surface area contributed by atoms with E-state index in [-0.39, 0.29) is 30.5 Å². The number of aromatic nitrogens is 1. The van der Waals surface area contributed by atoms with Crippen LogP contribution in [-0.2, 0) is 11.2 Å². The fourth-order valence-corrected chi connectivity index (χ4v) is 6.52. The summed E-state index contributed by atoms with van der Waals surface area (Å²) in [5.74, 6) is 0.973. The molecular formula is C29H22ClN3O4S. The molecule has 38 heavy (non-hydrogen) atoms. The Hall–Kier alpha value is -4.01. The number of nitrogens with one attached hydrogen (secondary N) is 2. The molecule has 5 aromatic rings. The molecule has 9 heteroatoms. The molecule has 2 aliphatic heterocycles. The monoisotopic (exact) mass is 543 g/mol. The van der Waals surface area contributed by atoms with Gasteiger partial charge in [0.2, 0.25) is 12.7 Å². The maximum Gasteiger partial charge on any atom is 0.264 e. The topological polar surface area (TPSA) is 83.7 Å². The van der Waals surface area contributed by atoms with Crippen LogP contribution >= 0.6 is 22.9 Å². The van der Waals surface area contributed by atoms with Gasteiger partial charge in [-0.15, -0.1) is 22.9 Å². The van der Waals surface area contributed by atoms with E-state index in [9.17, 15) is 9.59 Å². The number of carbonyl (C=O) groups excluding carboxylic acids is 2. The van der Waals surface area contributed by atoms with Crippen molar-refractivity contribution in [3.63, 3.8) is 0 Å². The maximum atomic E-state index is 14.1. The third kappa shape index (κ3) is 3.79. The Kier molecular flexibility index (Phi) is 5.52. The van der Waals surface area contributed by atoms with E-state index in [1.807, 2.05) is 59.5 Å². The van der Waals surface area contributed by atoms with Gasteiger partial charge in [0.25, 0.3) is 5.91 Å². The van der Waals surface area contributed by atoms with Crippen molar-refractivity contribution >= 4 is 61.4 Å². The second-order valence-electron chi connectivity index (χ2n) is 9.37. The van der Waals surface area contributed by atoms with E-state index in [2.05, 4.69) is 22.4 Å². The van der Waals surface area contributed by atoms with Gasteiger partial charge in [-0.25, -0.2) is 0 Å². The number of hydrogen-bond acceptors (Lipinski definition) is 5. The molecular weight excluding hydrogens is 522 g/mol. The Balaban J connectivity index is 1.30. The number of amides is 2. The second kappa shape index (κ2) is 9.08. The zero-order valence-electron chi connectivity index (χ0n) is 20.1. The Morgan fingerprint density at radius 1 is 1.05 bits per heavy atom. The number of ether oxygens (including phenoxy) is 2. The number of anilines is 1. The lowest BCUT2D eigenvalue weighted by molar-refractivity contribution is -0.113. The lowest BCUT2D eigenvalue weighted by Gasteiger charge is -2.36. The smallest absolute Gasteiger partial charge is 0.264 e. The van der Waals surface area contributed by atoms with E-state index >= 15 is 0 Å². The molecule has 2 aromatic heterocycles.